The van der Waals surface area contributed by atoms with Gasteiger partial charge < -0.3 is 15.3 Å². The molecule has 5 heteroatoms. The van der Waals surface area contributed by atoms with Gasteiger partial charge in [0.25, 0.3) is 0 Å². The van der Waals surface area contributed by atoms with Gasteiger partial charge in [-0.15, -0.1) is 11.6 Å². The van der Waals surface area contributed by atoms with E-state index in [0.717, 1.165) is 49.7 Å². The van der Waals surface area contributed by atoms with Gasteiger partial charge in [0.2, 0.25) is 0 Å². The summed E-state index contributed by atoms with van der Waals surface area (Å²) in [5.74, 6) is -0.646. The van der Waals surface area contributed by atoms with Gasteiger partial charge in [-0.05, 0) is 49.1 Å². The third-order valence-corrected chi connectivity index (χ3v) is 6.43. The molecule has 29 heavy (non-hydrogen) atoms. The first-order valence-electron chi connectivity index (χ1n) is 10.9. The van der Waals surface area contributed by atoms with E-state index >= 15 is 0 Å². The van der Waals surface area contributed by atoms with Crippen LogP contribution < -0.4 is 0 Å². The van der Waals surface area contributed by atoms with E-state index in [1.165, 1.54) is 0 Å². The van der Waals surface area contributed by atoms with E-state index in [1.807, 2.05) is 30.3 Å². The van der Waals surface area contributed by atoms with Crippen LogP contribution in [0.15, 0.2) is 36.4 Å². The first-order valence-corrected chi connectivity index (χ1v) is 11.3. The van der Waals surface area contributed by atoms with Crippen molar-refractivity contribution in [3.05, 3.63) is 47.5 Å². The number of benzene rings is 1. The fourth-order valence-corrected chi connectivity index (χ4v) is 4.71. The SMILES string of the molecule is CCCCCC(O)c1ccc([C@@H]2[C@@H](C/C=C\CCCC(=O)O)[C@@H](Cl)C[C@@H]2O)cc1. The van der Waals surface area contributed by atoms with E-state index in [2.05, 4.69) is 13.0 Å². The van der Waals surface area contributed by atoms with E-state index in [9.17, 15) is 15.0 Å². The molecule has 1 unspecified atom stereocenters. The number of hydrogen-bond donors (Lipinski definition) is 3. The highest BCUT2D eigenvalue weighted by Gasteiger charge is 2.41. The molecule has 1 aliphatic rings. The number of carbonyl (C=O) groups is 1. The molecule has 0 aromatic heterocycles. The molecule has 0 spiro atoms. The van der Waals surface area contributed by atoms with Crippen molar-refractivity contribution < 1.29 is 20.1 Å². The lowest BCUT2D eigenvalue weighted by molar-refractivity contribution is -0.137. The lowest BCUT2D eigenvalue weighted by Crippen LogP contribution is -2.18. The summed E-state index contributed by atoms with van der Waals surface area (Å²) in [6.07, 6.45) is 10.2. The van der Waals surface area contributed by atoms with Gasteiger partial charge in [0, 0.05) is 17.7 Å². The summed E-state index contributed by atoms with van der Waals surface area (Å²) in [7, 11) is 0. The minimum atomic E-state index is -0.767. The number of aliphatic carboxylic acids is 1. The van der Waals surface area contributed by atoms with Gasteiger partial charge in [-0.2, -0.15) is 0 Å². The van der Waals surface area contributed by atoms with E-state index in [1.54, 1.807) is 0 Å². The minimum absolute atomic E-state index is 0.0209. The highest BCUT2D eigenvalue weighted by Crippen LogP contribution is 2.45. The predicted molar refractivity (Wildman–Crippen MR) is 117 cm³/mol. The molecule has 1 aromatic carbocycles. The maximum absolute atomic E-state index is 10.6. The first-order chi connectivity index (χ1) is 13.9. The second kappa shape index (κ2) is 12.4. The third kappa shape index (κ3) is 7.44. The Morgan fingerprint density at radius 2 is 1.93 bits per heavy atom. The minimum Gasteiger partial charge on any atom is -0.481 e. The van der Waals surface area contributed by atoms with E-state index in [-0.39, 0.29) is 23.6 Å². The van der Waals surface area contributed by atoms with Gasteiger partial charge in [0.1, 0.15) is 0 Å². The van der Waals surface area contributed by atoms with Crippen LogP contribution in [0.5, 0.6) is 0 Å². The normalized spacial score (nSPS) is 25.5. The van der Waals surface area contributed by atoms with Crippen molar-refractivity contribution in [1.29, 1.82) is 0 Å². The van der Waals surface area contributed by atoms with Crippen molar-refractivity contribution in [1.82, 2.24) is 0 Å². The molecule has 1 fully saturated rings. The van der Waals surface area contributed by atoms with Crippen molar-refractivity contribution in [2.24, 2.45) is 5.92 Å². The zero-order chi connectivity index (χ0) is 21.2. The van der Waals surface area contributed by atoms with Crippen molar-refractivity contribution in [2.45, 2.75) is 88.2 Å². The smallest absolute Gasteiger partial charge is 0.303 e. The molecule has 0 amide bonds. The summed E-state index contributed by atoms with van der Waals surface area (Å²) in [5.41, 5.74) is 1.99. The number of halogens is 1. The molecule has 3 N–H and O–H groups in total. The van der Waals surface area contributed by atoms with Crippen molar-refractivity contribution >= 4 is 17.6 Å². The van der Waals surface area contributed by atoms with Crippen LogP contribution >= 0.6 is 11.6 Å². The molecule has 0 heterocycles. The Morgan fingerprint density at radius 1 is 1.21 bits per heavy atom. The first kappa shape index (κ1) is 23.9. The van der Waals surface area contributed by atoms with Crippen LogP contribution in [0.25, 0.3) is 0 Å². The monoisotopic (exact) mass is 422 g/mol. The summed E-state index contributed by atoms with van der Waals surface area (Å²) in [6.45, 7) is 2.15. The van der Waals surface area contributed by atoms with Crippen LogP contribution in [-0.4, -0.2) is 32.8 Å². The number of alkyl halides is 1. The molecule has 0 aliphatic heterocycles. The Hall–Kier alpha value is -1.36. The highest BCUT2D eigenvalue weighted by atomic mass is 35.5. The Labute approximate surface area is 179 Å². The number of carboxylic acid groups (broad SMARTS) is 1. The van der Waals surface area contributed by atoms with Crippen LogP contribution in [-0.2, 0) is 4.79 Å². The molecule has 0 bridgehead atoms. The van der Waals surface area contributed by atoms with Gasteiger partial charge in [0.15, 0.2) is 0 Å². The molecule has 1 saturated carbocycles. The number of allylic oxidation sites excluding steroid dienone is 2. The summed E-state index contributed by atoms with van der Waals surface area (Å²) >= 11 is 6.54. The molecule has 1 aliphatic carbocycles. The van der Waals surface area contributed by atoms with E-state index in [0.29, 0.717) is 12.8 Å². The van der Waals surface area contributed by atoms with Gasteiger partial charge in [-0.1, -0.05) is 62.6 Å². The molecule has 1 aromatic rings. The molecule has 0 saturated heterocycles. The number of rotatable bonds is 12. The van der Waals surface area contributed by atoms with Crippen molar-refractivity contribution in [2.75, 3.05) is 0 Å². The summed E-state index contributed by atoms with van der Waals surface area (Å²) in [6, 6.07) is 7.98. The Bertz CT molecular complexity index is 643. The van der Waals surface area contributed by atoms with Crippen molar-refractivity contribution in [3.8, 4) is 0 Å². The van der Waals surface area contributed by atoms with Gasteiger partial charge in [-0.3, -0.25) is 4.79 Å². The summed E-state index contributed by atoms with van der Waals surface area (Å²) in [5, 5.41) is 29.5. The standard InChI is InChI=1S/C24H35ClO4/c1-2-3-6-10-21(26)17-12-14-18(15-13-17)24-19(20(25)16-22(24)27)9-7-4-5-8-11-23(28)29/h4,7,12-15,19-22,24,26-27H,2-3,5-6,8-11,16H2,1H3,(H,28,29)/b7-4-/t19-,20-,21?,22-,24+/m0/s1. The Balaban J connectivity index is 1.96. The van der Waals surface area contributed by atoms with Gasteiger partial charge in [0.05, 0.1) is 12.2 Å². The van der Waals surface area contributed by atoms with Crippen LogP contribution in [0, 0.1) is 5.92 Å². The summed E-state index contributed by atoms with van der Waals surface area (Å²) in [4.78, 5) is 10.6. The maximum atomic E-state index is 10.6. The van der Waals surface area contributed by atoms with Gasteiger partial charge in [-0.25, -0.2) is 0 Å². The highest BCUT2D eigenvalue weighted by molar-refractivity contribution is 6.21. The van der Waals surface area contributed by atoms with Crippen LogP contribution in [0.2, 0.25) is 0 Å². The zero-order valence-corrected chi connectivity index (χ0v) is 18.1. The molecular weight excluding hydrogens is 388 g/mol. The average Bonchev–Trinajstić information content (AvgIpc) is 2.97. The quantitative estimate of drug-likeness (QED) is 0.233. The van der Waals surface area contributed by atoms with Crippen LogP contribution in [0.3, 0.4) is 0 Å². The molecular formula is C24H35ClO4. The largest absolute Gasteiger partial charge is 0.481 e. The Morgan fingerprint density at radius 3 is 2.59 bits per heavy atom. The fraction of sp³-hybridized carbons (Fsp3) is 0.625. The number of aliphatic hydroxyl groups is 2. The lowest BCUT2D eigenvalue weighted by Gasteiger charge is -2.23. The predicted octanol–water partition coefficient (Wildman–Crippen LogP) is 5.57. The molecule has 0 radical (unpaired) electrons. The van der Waals surface area contributed by atoms with E-state index in [4.69, 9.17) is 16.7 Å². The fourth-order valence-electron chi connectivity index (χ4n) is 4.26. The van der Waals surface area contributed by atoms with Crippen LogP contribution in [0.1, 0.15) is 87.9 Å². The summed E-state index contributed by atoms with van der Waals surface area (Å²) < 4.78 is 0. The maximum Gasteiger partial charge on any atom is 0.303 e. The second-order valence-electron chi connectivity index (χ2n) is 8.18. The molecule has 4 nitrogen and oxygen atoms in total. The molecule has 2 rings (SSSR count). The number of aliphatic hydroxyl groups excluding tert-OH is 2. The molecule has 162 valence electrons. The topological polar surface area (TPSA) is 77.8 Å². The Kier molecular flexibility index (Phi) is 10.2. The second-order valence-corrected chi connectivity index (χ2v) is 8.74. The number of carboxylic acids is 1. The van der Waals surface area contributed by atoms with Crippen LogP contribution in [0.4, 0.5) is 0 Å². The lowest BCUT2D eigenvalue weighted by atomic mass is 9.84. The van der Waals surface area contributed by atoms with Crippen molar-refractivity contribution in [3.63, 3.8) is 0 Å². The van der Waals surface area contributed by atoms with Gasteiger partial charge >= 0.3 is 5.97 Å². The molecule has 5 atom stereocenters. The average molecular weight is 423 g/mol. The third-order valence-electron chi connectivity index (χ3n) is 5.93. The number of hydrogen-bond acceptors (Lipinski definition) is 3. The number of unbranched alkanes of at least 4 members (excludes halogenated alkanes) is 3. The van der Waals surface area contributed by atoms with E-state index < -0.39 is 18.2 Å². The zero-order valence-electron chi connectivity index (χ0n) is 17.3.